The minimum atomic E-state index is -0.0830. The number of nitrogens with zero attached hydrogens (tertiary/aromatic N) is 4. The SMILES string of the molecule is CCc1ccc(NC(=O)CCc2nnc(-c3cc(C)nn3C)o2)cc1. The Morgan fingerprint density at radius 1 is 1.24 bits per heavy atom. The van der Waals surface area contributed by atoms with Gasteiger partial charge in [-0.3, -0.25) is 9.48 Å². The molecule has 0 saturated carbocycles. The van der Waals surface area contributed by atoms with Crippen molar-refractivity contribution in [3.63, 3.8) is 0 Å². The Morgan fingerprint density at radius 3 is 2.64 bits per heavy atom. The maximum atomic E-state index is 12.1. The van der Waals surface area contributed by atoms with Crippen molar-refractivity contribution in [2.45, 2.75) is 33.1 Å². The third-order valence-corrected chi connectivity index (χ3v) is 3.90. The van der Waals surface area contributed by atoms with Crippen LogP contribution in [0.2, 0.25) is 0 Å². The van der Waals surface area contributed by atoms with E-state index >= 15 is 0 Å². The maximum Gasteiger partial charge on any atom is 0.265 e. The summed E-state index contributed by atoms with van der Waals surface area (Å²) in [5.41, 5.74) is 3.67. The number of aryl methyl sites for hydroxylation is 4. The average Bonchev–Trinajstić information content (AvgIpc) is 3.19. The second-order valence-electron chi connectivity index (χ2n) is 5.89. The fourth-order valence-electron chi connectivity index (χ4n) is 2.54. The van der Waals surface area contributed by atoms with Gasteiger partial charge in [0.1, 0.15) is 5.69 Å². The van der Waals surface area contributed by atoms with E-state index in [1.165, 1.54) is 5.56 Å². The molecule has 0 aliphatic carbocycles. The zero-order valence-corrected chi connectivity index (χ0v) is 14.6. The van der Waals surface area contributed by atoms with E-state index in [0.29, 0.717) is 18.2 Å². The Kier molecular flexibility index (Phi) is 4.92. The Bertz CT molecular complexity index is 864. The van der Waals surface area contributed by atoms with Gasteiger partial charge < -0.3 is 9.73 Å². The highest BCUT2D eigenvalue weighted by Crippen LogP contribution is 2.19. The Morgan fingerprint density at radius 2 is 2.00 bits per heavy atom. The van der Waals surface area contributed by atoms with Crippen LogP contribution in [-0.4, -0.2) is 25.9 Å². The summed E-state index contributed by atoms with van der Waals surface area (Å²) in [6.07, 6.45) is 1.65. The number of carbonyl (C=O) groups excluding carboxylic acids is 1. The van der Waals surface area contributed by atoms with E-state index in [0.717, 1.165) is 23.5 Å². The highest BCUT2D eigenvalue weighted by molar-refractivity contribution is 5.90. The molecule has 0 unspecified atom stereocenters. The van der Waals surface area contributed by atoms with Gasteiger partial charge in [-0.2, -0.15) is 5.10 Å². The van der Waals surface area contributed by atoms with Gasteiger partial charge in [0.15, 0.2) is 0 Å². The number of anilines is 1. The van der Waals surface area contributed by atoms with Crippen molar-refractivity contribution in [3.05, 3.63) is 47.5 Å². The molecule has 130 valence electrons. The predicted molar refractivity (Wildman–Crippen MR) is 94.0 cm³/mol. The molecule has 2 heterocycles. The van der Waals surface area contributed by atoms with Gasteiger partial charge in [0.2, 0.25) is 11.8 Å². The topological polar surface area (TPSA) is 85.8 Å². The zero-order chi connectivity index (χ0) is 17.8. The minimum Gasteiger partial charge on any atom is -0.419 e. The Hall–Kier alpha value is -2.96. The zero-order valence-electron chi connectivity index (χ0n) is 14.6. The van der Waals surface area contributed by atoms with Gasteiger partial charge in [0, 0.05) is 25.6 Å². The van der Waals surface area contributed by atoms with Crippen LogP contribution < -0.4 is 5.32 Å². The first kappa shape index (κ1) is 16.9. The van der Waals surface area contributed by atoms with Crippen molar-refractivity contribution < 1.29 is 9.21 Å². The highest BCUT2D eigenvalue weighted by Gasteiger charge is 2.14. The Labute approximate surface area is 146 Å². The van der Waals surface area contributed by atoms with Crippen molar-refractivity contribution in [3.8, 4) is 11.6 Å². The minimum absolute atomic E-state index is 0.0830. The lowest BCUT2D eigenvalue weighted by Crippen LogP contribution is -2.12. The molecule has 7 heteroatoms. The molecule has 1 amide bonds. The number of nitrogens with one attached hydrogen (secondary N) is 1. The van der Waals surface area contributed by atoms with Gasteiger partial charge >= 0.3 is 0 Å². The molecule has 0 saturated heterocycles. The lowest BCUT2D eigenvalue weighted by atomic mass is 10.1. The molecule has 0 aliphatic rings. The van der Waals surface area contributed by atoms with Crippen LogP contribution in [-0.2, 0) is 24.7 Å². The summed E-state index contributed by atoms with van der Waals surface area (Å²) in [6.45, 7) is 4.00. The van der Waals surface area contributed by atoms with Gasteiger partial charge in [0.25, 0.3) is 5.89 Å². The molecule has 0 bridgehead atoms. The largest absolute Gasteiger partial charge is 0.419 e. The summed E-state index contributed by atoms with van der Waals surface area (Å²) >= 11 is 0. The molecule has 3 aromatic rings. The van der Waals surface area contributed by atoms with E-state index in [1.807, 2.05) is 44.3 Å². The van der Waals surface area contributed by atoms with Crippen molar-refractivity contribution in [2.75, 3.05) is 5.32 Å². The third-order valence-electron chi connectivity index (χ3n) is 3.90. The van der Waals surface area contributed by atoms with Crippen molar-refractivity contribution in [2.24, 2.45) is 7.05 Å². The van der Waals surface area contributed by atoms with Crippen LogP contribution in [0, 0.1) is 6.92 Å². The summed E-state index contributed by atoms with van der Waals surface area (Å²) in [6, 6.07) is 9.72. The molecule has 0 spiro atoms. The van der Waals surface area contributed by atoms with Crippen LogP contribution in [0.15, 0.2) is 34.7 Å². The fourth-order valence-corrected chi connectivity index (χ4v) is 2.54. The normalized spacial score (nSPS) is 10.8. The van der Waals surface area contributed by atoms with Crippen molar-refractivity contribution in [1.29, 1.82) is 0 Å². The molecule has 0 atom stereocenters. The lowest BCUT2D eigenvalue weighted by molar-refractivity contribution is -0.116. The van der Waals surface area contributed by atoms with Gasteiger partial charge in [-0.1, -0.05) is 19.1 Å². The molecule has 25 heavy (non-hydrogen) atoms. The number of aromatic nitrogens is 4. The molecule has 2 aromatic heterocycles. The summed E-state index contributed by atoms with van der Waals surface area (Å²) in [4.78, 5) is 12.1. The van der Waals surface area contributed by atoms with E-state index in [-0.39, 0.29) is 12.3 Å². The van der Waals surface area contributed by atoms with Gasteiger partial charge in [-0.05, 0) is 37.1 Å². The molecule has 7 nitrogen and oxygen atoms in total. The molecule has 1 N–H and O–H groups in total. The third kappa shape index (κ3) is 4.12. The van der Waals surface area contributed by atoms with Crippen LogP contribution >= 0.6 is 0 Å². The van der Waals surface area contributed by atoms with Crippen LogP contribution in [0.5, 0.6) is 0 Å². The first-order valence-electron chi connectivity index (χ1n) is 8.27. The fraction of sp³-hybridized carbons (Fsp3) is 0.333. The Balaban J connectivity index is 1.56. The number of carbonyl (C=O) groups is 1. The van der Waals surface area contributed by atoms with Crippen LogP contribution in [0.4, 0.5) is 5.69 Å². The lowest BCUT2D eigenvalue weighted by Gasteiger charge is -2.05. The van der Waals surface area contributed by atoms with Crippen molar-refractivity contribution >= 4 is 11.6 Å². The summed E-state index contributed by atoms with van der Waals surface area (Å²) < 4.78 is 7.33. The molecule has 0 aliphatic heterocycles. The number of amides is 1. The second-order valence-corrected chi connectivity index (χ2v) is 5.89. The quantitative estimate of drug-likeness (QED) is 0.746. The second kappa shape index (κ2) is 7.29. The van der Waals surface area contributed by atoms with Gasteiger partial charge in [-0.15, -0.1) is 10.2 Å². The summed E-state index contributed by atoms with van der Waals surface area (Å²) in [5, 5.41) is 15.2. The number of rotatable bonds is 6. The molecular weight excluding hydrogens is 318 g/mol. The standard InChI is InChI=1S/C18H21N5O2/c1-4-13-5-7-14(8-6-13)19-16(24)9-10-17-20-21-18(25-17)15-11-12(2)22-23(15)3/h5-8,11H,4,9-10H2,1-3H3,(H,19,24). The van der Waals surface area contributed by atoms with E-state index in [4.69, 9.17) is 4.42 Å². The van der Waals surface area contributed by atoms with E-state index in [9.17, 15) is 4.79 Å². The first-order valence-corrected chi connectivity index (χ1v) is 8.27. The molecule has 3 rings (SSSR count). The molecule has 1 aromatic carbocycles. The van der Waals surface area contributed by atoms with Crippen LogP contribution in [0.25, 0.3) is 11.6 Å². The number of hydrogen-bond donors (Lipinski definition) is 1. The van der Waals surface area contributed by atoms with Gasteiger partial charge in [0.05, 0.1) is 5.69 Å². The smallest absolute Gasteiger partial charge is 0.265 e. The van der Waals surface area contributed by atoms with Crippen LogP contribution in [0.1, 0.15) is 30.5 Å². The van der Waals surface area contributed by atoms with Crippen molar-refractivity contribution in [1.82, 2.24) is 20.0 Å². The van der Waals surface area contributed by atoms with Gasteiger partial charge in [-0.25, -0.2) is 0 Å². The molecule has 0 fully saturated rings. The van der Waals surface area contributed by atoms with E-state index in [1.54, 1.807) is 4.68 Å². The average molecular weight is 339 g/mol. The molecule has 0 radical (unpaired) electrons. The van der Waals surface area contributed by atoms with Crippen LogP contribution in [0.3, 0.4) is 0 Å². The predicted octanol–water partition coefficient (Wildman–Crippen LogP) is 2.91. The van der Waals surface area contributed by atoms with E-state index in [2.05, 4.69) is 27.5 Å². The summed E-state index contributed by atoms with van der Waals surface area (Å²) in [5.74, 6) is 0.763. The summed E-state index contributed by atoms with van der Waals surface area (Å²) in [7, 11) is 1.82. The maximum absolute atomic E-state index is 12.1. The first-order chi connectivity index (χ1) is 12.0. The number of benzene rings is 1. The van der Waals surface area contributed by atoms with E-state index < -0.39 is 0 Å². The molecular formula is C18H21N5O2. The highest BCUT2D eigenvalue weighted by atomic mass is 16.4. The number of hydrogen-bond acceptors (Lipinski definition) is 5. The monoisotopic (exact) mass is 339 g/mol.